The van der Waals surface area contributed by atoms with Crippen molar-refractivity contribution in [3.8, 4) is 0 Å². The van der Waals surface area contributed by atoms with Gasteiger partial charge >= 0.3 is 0 Å². The van der Waals surface area contributed by atoms with E-state index in [0.717, 1.165) is 35.2 Å². The van der Waals surface area contributed by atoms with Crippen LogP contribution < -0.4 is 10.6 Å². The molecule has 4 heterocycles. The summed E-state index contributed by atoms with van der Waals surface area (Å²) in [6, 6.07) is 5.65. The smallest absolute Gasteiger partial charge is 0.256 e. The van der Waals surface area contributed by atoms with Crippen LogP contribution in [0.25, 0.3) is 16.6 Å². The molecule has 2 atom stereocenters. The highest BCUT2D eigenvalue weighted by Gasteiger charge is 2.27. The molecule has 148 valence electrons. The molecule has 0 saturated carbocycles. The Morgan fingerprint density at radius 2 is 2.21 bits per heavy atom. The first kappa shape index (κ1) is 17.8. The summed E-state index contributed by atoms with van der Waals surface area (Å²) >= 11 is 0. The van der Waals surface area contributed by atoms with Crippen LogP contribution in [0.3, 0.4) is 0 Å². The van der Waals surface area contributed by atoms with Gasteiger partial charge in [0, 0.05) is 37.8 Å². The van der Waals surface area contributed by atoms with Gasteiger partial charge in [0.2, 0.25) is 0 Å². The van der Waals surface area contributed by atoms with Crippen LogP contribution in [0.2, 0.25) is 0 Å². The lowest BCUT2D eigenvalue weighted by atomic mass is 10.1. The molecule has 1 unspecified atom stereocenters. The molecular formula is C20H21N7O2. The largest absolute Gasteiger partial charge is 0.380 e. The zero-order valence-electron chi connectivity index (χ0n) is 16.2. The Morgan fingerprint density at radius 3 is 3.03 bits per heavy atom. The number of rotatable bonds is 4. The lowest BCUT2D eigenvalue weighted by Gasteiger charge is -2.06. The van der Waals surface area contributed by atoms with Crippen LogP contribution >= 0.6 is 0 Å². The summed E-state index contributed by atoms with van der Waals surface area (Å²) in [6.45, 7) is 0.815. The Morgan fingerprint density at radius 1 is 1.31 bits per heavy atom. The average molecular weight is 391 g/mol. The third-order valence-electron chi connectivity index (χ3n) is 5.39. The molecule has 0 spiro atoms. The van der Waals surface area contributed by atoms with Crippen molar-refractivity contribution in [2.75, 3.05) is 19.0 Å². The predicted molar refractivity (Wildman–Crippen MR) is 108 cm³/mol. The normalized spacial score (nSPS) is 19.2. The number of amides is 1. The van der Waals surface area contributed by atoms with Crippen molar-refractivity contribution in [2.24, 2.45) is 7.05 Å². The maximum Gasteiger partial charge on any atom is 0.256 e. The number of ether oxygens (including phenoxy) is 1. The number of methoxy groups -OCH3 is 1. The maximum atomic E-state index is 12.7. The second-order valence-corrected chi connectivity index (χ2v) is 7.25. The number of hydrogen-bond donors (Lipinski definition) is 2. The molecule has 2 N–H and O–H groups in total. The van der Waals surface area contributed by atoms with Crippen molar-refractivity contribution in [1.29, 1.82) is 0 Å². The fraction of sp³-hybridized carbons (Fsp3) is 0.300. The molecular weight excluding hydrogens is 370 g/mol. The fourth-order valence-electron chi connectivity index (χ4n) is 3.75. The molecule has 4 aromatic rings. The second kappa shape index (κ2) is 6.94. The Hall–Kier alpha value is -3.30. The third kappa shape index (κ3) is 3.24. The van der Waals surface area contributed by atoms with E-state index in [1.54, 1.807) is 36.4 Å². The number of fused-ring (bicyclic) bond motifs is 2. The number of nitrogens with one attached hydrogen (secondary N) is 2. The third-order valence-corrected chi connectivity index (χ3v) is 5.39. The van der Waals surface area contributed by atoms with Crippen molar-refractivity contribution in [3.63, 3.8) is 0 Å². The van der Waals surface area contributed by atoms with E-state index in [1.807, 2.05) is 29.8 Å². The number of anilines is 1. The van der Waals surface area contributed by atoms with E-state index in [4.69, 9.17) is 4.74 Å². The molecule has 1 amide bonds. The standard InChI is InChI=1S/C20H21N7O2/c1-26-17-4-3-12(5-13(17)7-23-26)20(28)25-18-11-27-10-16(24-19(27)9-22-18)15-6-14(29-2)8-21-15/h3-5,7,9-11,14-15,21H,6,8H2,1-2H3,(H,25,28)/t14-,15?/m0/s1. The summed E-state index contributed by atoms with van der Waals surface area (Å²) in [5, 5.41) is 11.4. The van der Waals surface area contributed by atoms with Crippen LogP contribution in [0.1, 0.15) is 28.5 Å². The second-order valence-electron chi connectivity index (χ2n) is 7.25. The van der Waals surface area contributed by atoms with Gasteiger partial charge in [0.1, 0.15) is 5.82 Å². The predicted octanol–water partition coefficient (Wildman–Crippen LogP) is 1.92. The molecule has 1 aliphatic heterocycles. The van der Waals surface area contributed by atoms with Crippen LogP contribution in [0, 0.1) is 0 Å². The number of aryl methyl sites for hydroxylation is 1. The Balaban J connectivity index is 1.36. The van der Waals surface area contributed by atoms with Crippen LogP contribution in [-0.2, 0) is 11.8 Å². The first-order valence-corrected chi connectivity index (χ1v) is 9.44. The summed E-state index contributed by atoms with van der Waals surface area (Å²) < 4.78 is 9.06. The molecule has 1 aliphatic rings. The highest BCUT2D eigenvalue weighted by Crippen LogP contribution is 2.24. The van der Waals surface area contributed by atoms with E-state index in [9.17, 15) is 4.79 Å². The number of carbonyl (C=O) groups excluding carboxylic acids is 1. The van der Waals surface area contributed by atoms with Gasteiger partial charge in [-0.15, -0.1) is 0 Å². The van der Waals surface area contributed by atoms with E-state index >= 15 is 0 Å². The van der Waals surface area contributed by atoms with Gasteiger partial charge in [0.05, 0.1) is 41.9 Å². The van der Waals surface area contributed by atoms with Gasteiger partial charge in [-0.1, -0.05) is 0 Å². The van der Waals surface area contributed by atoms with Crippen molar-refractivity contribution in [2.45, 2.75) is 18.6 Å². The number of carbonyl (C=O) groups is 1. The minimum atomic E-state index is -0.219. The Bertz CT molecular complexity index is 1210. The van der Waals surface area contributed by atoms with Gasteiger partial charge in [0.15, 0.2) is 5.65 Å². The van der Waals surface area contributed by atoms with Crippen LogP contribution in [0.4, 0.5) is 5.82 Å². The zero-order valence-corrected chi connectivity index (χ0v) is 16.2. The summed E-state index contributed by atoms with van der Waals surface area (Å²) in [6.07, 6.45) is 8.23. The quantitative estimate of drug-likeness (QED) is 0.552. The topological polar surface area (TPSA) is 98.4 Å². The molecule has 1 fully saturated rings. The molecule has 9 nitrogen and oxygen atoms in total. The highest BCUT2D eigenvalue weighted by molar-refractivity contribution is 6.05. The number of aromatic nitrogens is 5. The summed E-state index contributed by atoms with van der Waals surface area (Å²) in [4.78, 5) is 21.6. The van der Waals surface area contributed by atoms with Gasteiger partial charge in [-0.3, -0.25) is 9.48 Å². The van der Waals surface area contributed by atoms with E-state index in [0.29, 0.717) is 11.4 Å². The van der Waals surface area contributed by atoms with Gasteiger partial charge in [-0.2, -0.15) is 5.10 Å². The number of benzene rings is 1. The fourth-order valence-corrected chi connectivity index (χ4v) is 3.75. The Labute approximate surface area is 166 Å². The van der Waals surface area contributed by atoms with Crippen LogP contribution in [-0.4, -0.2) is 49.8 Å². The lowest BCUT2D eigenvalue weighted by molar-refractivity contribution is 0.102. The van der Waals surface area contributed by atoms with Crippen molar-refractivity contribution < 1.29 is 9.53 Å². The molecule has 29 heavy (non-hydrogen) atoms. The molecule has 0 radical (unpaired) electrons. The minimum Gasteiger partial charge on any atom is -0.380 e. The van der Waals surface area contributed by atoms with Gasteiger partial charge in [0.25, 0.3) is 5.91 Å². The van der Waals surface area contributed by atoms with Gasteiger partial charge in [-0.25, -0.2) is 9.97 Å². The number of nitrogens with zero attached hydrogens (tertiary/aromatic N) is 5. The first-order chi connectivity index (χ1) is 14.1. The number of imidazole rings is 1. The maximum absolute atomic E-state index is 12.7. The van der Waals surface area contributed by atoms with E-state index in [2.05, 4.69) is 25.7 Å². The SMILES string of the molecule is CO[C@@H]1CNC(c2cn3cc(NC(=O)c4ccc5c(cnn5C)c4)ncc3n2)C1. The number of hydrogen-bond acceptors (Lipinski definition) is 6. The monoisotopic (exact) mass is 391 g/mol. The Kier molecular flexibility index (Phi) is 4.26. The summed E-state index contributed by atoms with van der Waals surface area (Å²) in [5.74, 6) is 0.246. The molecule has 3 aromatic heterocycles. The molecule has 9 heteroatoms. The first-order valence-electron chi connectivity index (χ1n) is 9.44. The molecule has 0 aliphatic carbocycles. The van der Waals surface area contributed by atoms with Gasteiger partial charge in [-0.05, 0) is 24.6 Å². The van der Waals surface area contributed by atoms with Crippen LogP contribution in [0.15, 0.2) is 43.0 Å². The summed E-state index contributed by atoms with van der Waals surface area (Å²) in [7, 11) is 3.60. The van der Waals surface area contributed by atoms with Crippen molar-refractivity contribution in [1.82, 2.24) is 29.5 Å². The highest BCUT2D eigenvalue weighted by atomic mass is 16.5. The molecule has 5 rings (SSSR count). The average Bonchev–Trinajstić information content (AvgIpc) is 3.45. The van der Waals surface area contributed by atoms with Crippen molar-refractivity contribution >= 4 is 28.3 Å². The summed E-state index contributed by atoms with van der Waals surface area (Å²) in [5.41, 5.74) is 3.21. The molecule has 1 aromatic carbocycles. The van der Waals surface area contributed by atoms with Crippen molar-refractivity contribution in [3.05, 3.63) is 54.2 Å². The van der Waals surface area contributed by atoms with Gasteiger partial charge < -0.3 is 19.8 Å². The van der Waals surface area contributed by atoms with E-state index in [-0.39, 0.29) is 18.1 Å². The minimum absolute atomic E-state index is 0.157. The molecule has 1 saturated heterocycles. The lowest BCUT2D eigenvalue weighted by Crippen LogP contribution is -2.16. The zero-order chi connectivity index (χ0) is 20.0. The van der Waals surface area contributed by atoms with E-state index in [1.165, 1.54) is 0 Å². The van der Waals surface area contributed by atoms with E-state index < -0.39 is 0 Å². The molecule has 0 bridgehead atoms. The van der Waals surface area contributed by atoms with Crippen LogP contribution in [0.5, 0.6) is 0 Å².